The van der Waals surface area contributed by atoms with Crippen molar-refractivity contribution in [3.8, 4) is 17.0 Å². The molecule has 1 aromatic heterocycles. The standard InChI is InChI=1S/C17H14BrN3O/c18-16-17(19)20-10-15(21-16)13-7-4-8-14(9-13)22-11-12-5-2-1-3-6-12/h1-10H,11H2,(H2,19,20). The summed E-state index contributed by atoms with van der Waals surface area (Å²) >= 11 is 3.29. The molecule has 0 spiro atoms. The summed E-state index contributed by atoms with van der Waals surface area (Å²) in [4.78, 5) is 8.48. The predicted octanol–water partition coefficient (Wildman–Crippen LogP) is 4.07. The van der Waals surface area contributed by atoms with E-state index in [1.165, 1.54) is 0 Å². The van der Waals surface area contributed by atoms with Crippen LogP contribution in [0.5, 0.6) is 5.75 Å². The second-order valence-electron chi connectivity index (χ2n) is 4.73. The molecule has 0 saturated carbocycles. The van der Waals surface area contributed by atoms with Crippen molar-refractivity contribution < 1.29 is 4.74 Å². The highest BCUT2D eigenvalue weighted by Gasteiger charge is 2.05. The molecular weight excluding hydrogens is 342 g/mol. The molecule has 1 heterocycles. The zero-order valence-electron chi connectivity index (χ0n) is 11.7. The van der Waals surface area contributed by atoms with E-state index in [-0.39, 0.29) is 0 Å². The van der Waals surface area contributed by atoms with Gasteiger partial charge in [0.2, 0.25) is 0 Å². The van der Waals surface area contributed by atoms with Crippen LogP contribution < -0.4 is 10.5 Å². The van der Waals surface area contributed by atoms with Crippen LogP contribution in [0.1, 0.15) is 5.56 Å². The number of ether oxygens (including phenoxy) is 1. The summed E-state index contributed by atoms with van der Waals surface area (Å²) in [6.07, 6.45) is 1.65. The van der Waals surface area contributed by atoms with Crippen LogP contribution in [0.4, 0.5) is 5.82 Å². The molecule has 110 valence electrons. The van der Waals surface area contributed by atoms with Crippen molar-refractivity contribution in [1.82, 2.24) is 9.97 Å². The van der Waals surface area contributed by atoms with Gasteiger partial charge in [0.05, 0.1) is 11.9 Å². The van der Waals surface area contributed by atoms with Crippen molar-refractivity contribution in [2.45, 2.75) is 6.61 Å². The average Bonchev–Trinajstić information content (AvgIpc) is 2.57. The van der Waals surface area contributed by atoms with E-state index in [2.05, 4.69) is 25.9 Å². The van der Waals surface area contributed by atoms with E-state index in [1.54, 1.807) is 6.20 Å². The van der Waals surface area contributed by atoms with Gasteiger partial charge < -0.3 is 10.5 Å². The van der Waals surface area contributed by atoms with E-state index in [9.17, 15) is 0 Å². The molecule has 5 heteroatoms. The number of hydrogen-bond donors (Lipinski definition) is 1. The largest absolute Gasteiger partial charge is 0.489 e. The first-order chi connectivity index (χ1) is 10.7. The molecule has 3 aromatic rings. The van der Waals surface area contributed by atoms with Gasteiger partial charge in [-0.1, -0.05) is 42.5 Å². The molecule has 0 atom stereocenters. The molecule has 0 fully saturated rings. The van der Waals surface area contributed by atoms with E-state index < -0.39 is 0 Å². The van der Waals surface area contributed by atoms with E-state index in [0.717, 1.165) is 22.6 Å². The van der Waals surface area contributed by atoms with Crippen molar-refractivity contribution in [1.29, 1.82) is 0 Å². The second-order valence-corrected chi connectivity index (χ2v) is 5.48. The molecule has 0 radical (unpaired) electrons. The van der Waals surface area contributed by atoms with Gasteiger partial charge in [0.1, 0.15) is 17.0 Å². The first-order valence-corrected chi connectivity index (χ1v) is 7.57. The second kappa shape index (κ2) is 6.58. The van der Waals surface area contributed by atoms with Crippen LogP contribution in [0.25, 0.3) is 11.3 Å². The highest BCUT2D eigenvalue weighted by atomic mass is 79.9. The number of halogens is 1. The normalized spacial score (nSPS) is 10.4. The average molecular weight is 356 g/mol. The SMILES string of the molecule is Nc1ncc(-c2cccc(OCc3ccccc3)c2)nc1Br. The van der Waals surface area contributed by atoms with E-state index >= 15 is 0 Å². The maximum atomic E-state index is 5.82. The molecule has 0 amide bonds. The van der Waals surface area contributed by atoms with E-state index in [0.29, 0.717) is 17.0 Å². The third-order valence-corrected chi connectivity index (χ3v) is 3.72. The van der Waals surface area contributed by atoms with E-state index in [4.69, 9.17) is 10.5 Å². The summed E-state index contributed by atoms with van der Waals surface area (Å²) < 4.78 is 6.37. The zero-order chi connectivity index (χ0) is 15.4. The Hall–Kier alpha value is -2.40. The van der Waals surface area contributed by atoms with Crippen molar-refractivity contribution in [3.05, 3.63) is 71.0 Å². The molecule has 0 aliphatic carbocycles. The summed E-state index contributed by atoms with van der Waals surface area (Å²) in [5.41, 5.74) is 8.46. The first-order valence-electron chi connectivity index (χ1n) is 6.77. The lowest BCUT2D eigenvalue weighted by molar-refractivity contribution is 0.306. The quantitative estimate of drug-likeness (QED) is 0.766. The Bertz CT molecular complexity index is 778. The lowest BCUT2D eigenvalue weighted by atomic mass is 10.1. The molecule has 0 aliphatic rings. The van der Waals surface area contributed by atoms with Crippen molar-refractivity contribution in [2.24, 2.45) is 0 Å². The molecule has 2 aromatic carbocycles. The van der Waals surface area contributed by atoms with Gasteiger partial charge in [0.15, 0.2) is 5.82 Å². The number of nitrogen functional groups attached to an aromatic ring is 1. The Balaban J connectivity index is 1.79. The molecule has 0 saturated heterocycles. The molecule has 22 heavy (non-hydrogen) atoms. The van der Waals surface area contributed by atoms with Crippen LogP contribution in [0.2, 0.25) is 0 Å². The number of nitrogens with two attached hydrogens (primary N) is 1. The van der Waals surface area contributed by atoms with Gasteiger partial charge in [-0.3, -0.25) is 0 Å². The van der Waals surface area contributed by atoms with Crippen molar-refractivity contribution >= 4 is 21.7 Å². The number of hydrogen-bond acceptors (Lipinski definition) is 4. The first kappa shape index (κ1) is 14.5. The molecule has 0 bridgehead atoms. The zero-order valence-corrected chi connectivity index (χ0v) is 13.3. The molecule has 3 rings (SSSR count). The van der Waals surface area contributed by atoms with Gasteiger partial charge >= 0.3 is 0 Å². The van der Waals surface area contributed by atoms with Gasteiger partial charge in [-0.05, 0) is 33.6 Å². The highest BCUT2D eigenvalue weighted by Crippen LogP contribution is 2.25. The summed E-state index contributed by atoms with van der Waals surface area (Å²) in [6, 6.07) is 17.8. The Kier molecular flexibility index (Phi) is 4.34. The van der Waals surface area contributed by atoms with Gasteiger partial charge in [0, 0.05) is 5.56 Å². The van der Waals surface area contributed by atoms with Crippen LogP contribution in [0.15, 0.2) is 65.4 Å². The fourth-order valence-corrected chi connectivity index (χ4v) is 2.29. The maximum Gasteiger partial charge on any atom is 0.156 e. The number of aromatic nitrogens is 2. The summed E-state index contributed by atoms with van der Waals surface area (Å²) in [5, 5.41) is 0. The summed E-state index contributed by atoms with van der Waals surface area (Å²) in [7, 11) is 0. The molecule has 0 unspecified atom stereocenters. The number of anilines is 1. The Morgan fingerprint density at radius 1 is 1.05 bits per heavy atom. The smallest absolute Gasteiger partial charge is 0.156 e. The predicted molar refractivity (Wildman–Crippen MR) is 90.4 cm³/mol. The van der Waals surface area contributed by atoms with Crippen molar-refractivity contribution in [2.75, 3.05) is 5.73 Å². The minimum atomic E-state index is 0.375. The van der Waals surface area contributed by atoms with Gasteiger partial charge in [0.25, 0.3) is 0 Å². The Morgan fingerprint density at radius 2 is 1.86 bits per heavy atom. The highest BCUT2D eigenvalue weighted by molar-refractivity contribution is 9.10. The third kappa shape index (κ3) is 3.43. The van der Waals surface area contributed by atoms with Gasteiger partial charge in [-0.2, -0.15) is 0 Å². The Labute approximate surface area is 137 Å². The minimum absolute atomic E-state index is 0.375. The lowest BCUT2D eigenvalue weighted by Crippen LogP contribution is -1.97. The molecule has 4 nitrogen and oxygen atoms in total. The Morgan fingerprint density at radius 3 is 2.64 bits per heavy atom. The molecule has 0 aliphatic heterocycles. The number of benzene rings is 2. The minimum Gasteiger partial charge on any atom is -0.489 e. The van der Waals surface area contributed by atoms with Crippen LogP contribution in [0, 0.1) is 0 Å². The third-order valence-electron chi connectivity index (χ3n) is 3.13. The van der Waals surface area contributed by atoms with Crippen LogP contribution >= 0.6 is 15.9 Å². The number of nitrogens with zero attached hydrogens (tertiary/aromatic N) is 2. The lowest BCUT2D eigenvalue weighted by Gasteiger charge is -2.08. The summed E-state index contributed by atoms with van der Waals surface area (Å²) in [6.45, 7) is 0.529. The van der Waals surface area contributed by atoms with Crippen molar-refractivity contribution in [3.63, 3.8) is 0 Å². The maximum absolute atomic E-state index is 5.82. The molecular formula is C17H14BrN3O. The van der Waals surface area contributed by atoms with Crippen LogP contribution in [-0.2, 0) is 6.61 Å². The topological polar surface area (TPSA) is 61.0 Å². The summed E-state index contributed by atoms with van der Waals surface area (Å²) in [5.74, 6) is 1.16. The molecule has 2 N–H and O–H groups in total. The monoisotopic (exact) mass is 355 g/mol. The van der Waals surface area contributed by atoms with Gasteiger partial charge in [-0.25, -0.2) is 9.97 Å². The van der Waals surface area contributed by atoms with E-state index in [1.807, 2.05) is 54.6 Å². The van der Waals surface area contributed by atoms with Crippen LogP contribution in [-0.4, -0.2) is 9.97 Å². The fourth-order valence-electron chi connectivity index (χ4n) is 2.00. The fraction of sp³-hybridized carbons (Fsp3) is 0.0588. The number of rotatable bonds is 4. The van der Waals surface area contributed by atoms with Gasteiger partial charge in [-0.15, -0.1) is 0 Å². The van der Waals surface area contributed by atoms with Crippen LogP contribution in [0.3, 0.4) is 0 Å².